The van der Waals surface area contributed by atoms with E-state index in [1.165, 1.54) is 0 Å². The molecule has 0 aliphatic carbocycles. The number of ether oxygens (including phenoxy) is 5. The van der Waals surface area contributed by atoms with Crippen molar-refractivity contribution < 1.29 is 40.1 Å². The molecule has 3 atom stereocenters. The standard InChI is InChI=1S/C25H56O9Si5/c1-13-25(29-20-19-27-17-14-16-26-2)39(12,32-36(6,7)8)34-38(11,21-15-18-28-22-24-23-30-24)33-37(9,10)31-35(3,4)5/h24H,1,14-23H2,2-12H3. The molecule has 14 heteroatoms. The number of rotatable bonds is 23. The van der Waals surface area contributed by atoms with E-state index in [1.807, 2.05) is 6.55 Å². The highest BCUT2D eigenvalue weighted by Gasteiger charge is 2.52. The van der Waals surface area contributed by atoms with Gasteiger partial charge in [0.2, 0.25) is 0 Å². The molecular formula is C25H56O9Si5. The highest BCUT2D eigenvalue weighted by atomic mass is 28.5. The Balaban J connectivity index is 3.08. The first kappa shape index (κ1) is 37.1. The maximum atomic E-state index is 7.09. The van der Waals surface area contributed by atoms with Crippen LogP contribution in [0.5, 0.6) is 0 Å². The molecule has 0 aromatic heterocycles. The fraction of sp³-hybridized carbons (Fsp3) is 0.880. The first-order valence-corrected chi connectivity index (χ1v) is 28.5. The minimum absolute atomic E-state index is 0.250. The van der Waals surface area contributed by atoms with Crippen molar-refractivity contribution in [3.63, 3.8) is 0 Å². The topological polar surface area (TPSA) is 86.4 Å². The molecule has 1 aliphatic heterocycles. The monoisotopic (exact) mass is 640 g/mol. The molecule has 0 bridgehead atoms. The summed E-state index contributed by atoms with van der Waals surface area (Å²) in [5.41, 5.74) is 3.01. The van der Waals surface area contributed by atoms with Crippen molar-refractivity contribution in [3.05, 3.63) is 17.7 Å². The summed E-state index contributed by atoms with van der Waals surface area (Å²) < 4.78 is 55.4. The van der Waals surface area contributed by atoms with E-state index in [0.717, 1.165) is 25.5 Å². The van der Waals surface area contributed by atoms with Gasteiger partial charge in [0.25, 0.3) is 0 Å². The van der Waals surface area contributed by atoms with Crippen LogP contribution in [0.4, 0.5) is 0 Å². The Bertz CT molecular complexity index is 764. The molecule has 1 saturated heterocycles. The molecule has 39 heavy (non-hydrogen) atoms. The van der Waals surface area contributed by atoms with Crippen molar-refractivity contribution in [2.24, 2.45) is 0 Å². The summed E-state index contributed by atoms with van der Waals surface area (Å²) in [4.78, 5) is 0. The Morgan fingerprint density at radius 3 is 1.92 bits per heavy atom. The van der Waals surface area contributed by atoms with E-state index in [-0.39, 0.29) is 6.10 Å². The molecule has 0 N–H and O–H groups in total. The Morgan fingerprint density at radius 1 is 0.769 bits per heavy atom. The molecule has 3 unspecified atom stereocenters. The Kier molecular flexibility index (Phi) is 15.8. The fourth-order valence-corrected chi connectivity index (χ4v) is 27.0. The number of hydrogen-bond acceptors (Lipinski definition) is 9. The van der Waals surface area contributed by atoms with Gasteiger partial charge in [0.15, 0.2) is 22.0 Å². The van der Waals surface area contributed by atoms with Crippen LogP contribution in [0.25, 0.3) is 0 Å². The fourth-order valence-electron chi connectivity index (χ4n) is 4.34. The second kappa shape index (κ2) is 16.7. The lowest BCUT2D eigenvalue weighted by atomic mass is 10.5. The smallest absolute Gasteiger partial charge is 0.396 e. The van der Waals surface area contributed by atoms with E-state index in [9.17, 15) is 0 Å². The van der Waals surface area contributed by atoms with Gasteiger partial charge in [-0.1, -0.05) is 12.3 Å². The molecule has 230 valence electrons. The molecule has 0 aromatic rings. The molecule has 0 amide bonds. The third-order valence-electron chi connectivity index (χ3n) is 5.24. The summed E-state index contributed by atoms with van der Waals surface area (Å²) in [5.74, 6) is 0. The lowest BCUT2D eigenvalue weighted by Gasteiger charge is -2.44. The quantitative estimate of drug-likeness (QED) is 0.0462. The normalized spacial score (nSPS) is 19.2. The van der Waals surface area contributed by atoms with Crippen LogP contribution in [0.15, 0.2) is 17.7 Å². The molecule has 1 fully saturated rings. The SMILES string of the molecule is C=C=C(OCCOCCCOC)[Si](C)(O[Si](C)(C)C)O[Si](C)(CCCOCC1CO1)O[Si](C)(C)O[Si](C)(C)C. The molecular weight excluding hydrogens is 585 g/mol. The van der Waals surface area contributed by atoms with Crippen LogP contribution in [-0.4, -0.2) is 102 Å². The van der Waals surface area contributed by atoms with Crippen molar-refractivity contribution in [3.8, 4) is 0 Å². The molecule has 1 rings (SSSR count). The molecule has 0 spiro atoms. The van der Waals surface area contributed by atoms with Crippen LogP contribution in [0, 0.1) is 0 Å². The Hall–Kier alpha value is 0.0844. The summed E-state index contributed by atoms with van der Waals surface area (Å²) in [6, 6.07) is 0.745. The summed E-state index contributed by atoms with van der Waals surface area (Å²) in [7, 11) is -10.6. The first-order valence-electron chi connectivity index (χ1n) is 14.0. The number of epoxide rings is 1. The summed E-state index contributed by atoms with van der Waals surface area (Å²) in [5, 5.41) is 0.542. The van der Waals surface area contributed by atoms with Gasteiger partial charge in [0, 0.05) is 26.9 Å². The maximum Gasteiger partial charge on any atom is 0.396 e. The van der Waals surface area contributed by atoms with Gasteiger partial charge >= 0.3 is 25.7 Å². The molecule has 1 heterocycles. The lowest BCUT2D eigenvalue weighted by Crippen LogP contribution is -2.61. The van der Waals surface area contributed by atoms with Crippen molar-refractivity contribution >= 4 is 42.3 Å². The minimum Gasteiger partial charge on any atom is -0.487 e. The first-order chi connectivity index (χ1) is 17.9. The zero-order valence-corrected chi connectivity index (χ0v) is 31.5. The average molecular weight is 641 g/mol. The zero-order chi connectivity index (χ0) is 29.8. The Labute approximate surface area is 243 Å². The van der Waals surface area contributed by atoms with E-state index >= 15 is 0 Å². The summed E-state index contributed by atoms with van der Waals surface area (Å²) >= 11 is 0. The molecule has 0 saturated carbocycles. The third-order valence-corrected chi connectivity index (χ3v) is 23.0. The van der Waals surface area contributed by atoms with Crippen molar-refractivity contribution in [1.29, 1.82) is 0 Å². The predicted molar refractivity (Wildman–Crippen MR) is 168 cm³/mol. The van der Waals surface area contributed by atoms with Gasteiger partial charge in [-0.15, -0.1) is 0 Å². The van der Waals surface area contributed by atoms with Crippen LogP contribution in [0.3, 0.4) is 0 Å². The number of methoxy groups -OCH3 is 1. The van der Waals surface area contributed by atoms with Crippen molar-refractivity contribution in [2.75, 3.05) is 53.4 Å². The van der Waals surface area contributed by atoms with Gasteiger partial charge in [0.1, 0.15) is 12.7 Å². The van der Waals surface area contributed by atoms with Gasteiger partial charge in [-0.3, -0.25) is 0 Å². The van der Waals surface area contributed by atoms with E-state index < -0.39 is 42.3 Å². The summed E-state index contributed by atoms with van der Waals surface area (Å²) in [6.45, 7) is 29.5. The maximum absolute atomic E-state index is 7.09. The average Bonchev–Trinajstić information content (AvgIpc) is 3.56. The molecule has 0 aromatic carbocycles. The van der Waals surface area contributed by atoms with Crippen molar-refractivity contribution in [1.82, 2.24) is 0 Å². The van der Waals surface area contributed by atoms with Gasteiger partial charge in [0.05, 0.1) is 19.8 Å². The predicted octanol–water partition coefficient (Wildman–Crippen LogP) is 5.65. The van der Waals surface area contributed by atoms with Crippen LogP contribution in [0.1, 0.15) is 12.8 Å². The highest BCUT2D eigenvalue weighted by molar-refractivity contribution is 6.92. The molecule has 0 radical (unpaired) electrons. The van der Waals surface area contributed by atoms with E-state index in [2.05, 4.69) is 71.2 Å². The van der Waals surface area contributed by atoms with Crippen LogP contribution in [0.2, 0.25) is 71.5 Å². The van der Waals surface area contributed by atoms with Crippen LogP contribution >= 0.6 is 0 Å². The Morgan fingerprint density at radius 2 is 1.38 bits per heavy atom. The van der Waals surface area contributed by atoms with E-state index in [4.69, 9.17) is 40.1 Å². The van der Waals surface area contributed by atoms with E-state index in [0.29, 0.717) is 45.0 Å². The second-order valence-corrected chi connectivity index (χ2v) is 32.2. The summed E-state index contributed by atoms with van der Waals surface area (Å²) in [6.07, 6.45) is 1.90. The van der Waals surface area contributed by atoms with Crippen LogP contribution in [-0.2, 0) is 40.1 Å². The third kappa shape index (κ3) is 17.6. The van der Waals surface area contributed by atoms with Crippen LogP contribution < -0.4 is 0 Å². The molecule has 9 nitrogen and oxygen atoms in total. The van der Waals surface area contributed by atoms with E-state index in [1.54, 1.807) is 7.11 Å². The van der Waals surface area contributed by atoms with Crippen molar-refractivity contribution in [2.45, 2.75) is 90.5 Å². The van der Waals surface area contributed by atoms with Gasteiger partial charge in [-0.05, 0) is 84.4 Å². The lowest BCUT2D eigenvalue weighted by molar-refractivity contribution is 0.0640. The minimum atomic E-state index is -3.10. The van der Waals surface area contributed by atoms with Gasteiger partial charge in [-0.2, -0.15) is 0 Å². The number of hydrogen-bond donors (Lipinski definition) is 0. The largest absolute Gasteiger partial charge is 0.487 e. The van der Waals surface area contributed by atoms with Gasteiger partial charge < -0.3 is 40.1 Å². The second-order valence-electron chi connectivity index (χ2n) is 12.6. The highest BCUT2D eigenvalue weighted by Crippen LogP contribution is 2.32. The van der Waals surface area contributed by atoms with Gasteiger partial charge in [-0.25, -0.2) is 0 Å². The zero-order valence-electron chi connectivity index (χ0n) is 26.5. The molecule has 1 aliphatic rings.